The fourth-order valence-corrected chi connectivity index (χ4v) is 4.15. The summed E-state index contributed by atoms with van der Waals surface area (Å²) in [5, 5.41) is 6.16. The number of hydrogen-bond donors (Lipinski definition) is 2. The highest BCUT2D eigenvalue weighted by Crippen LogP contribution is 2.16. The third-order valence-electron chi connectivity index (χ3n) is 5.97. The smallest absolute Gasteiger partial charge is 0.254 e. The molecule has 0 bridgehead atoms. The molecule has 182 valence electrons. The zero-order valence-electron chi connectivity index (χ0n) is 19.6. The van der Waals surface area contributed by atoms with Crippen LogP contribution in [0.3, 0.4) is 0 Å². The number of hydrogen-bond acceptors (Lipinski definition) is 4. The largest absolute Gasteiger partial charge is 0.368 e. The summed E-state index contributed by atoms with van der Waals surface area (Å²) in [6.07, 6.45) is 0. The van der Waals surface area contributed by atoms with Gasteiger partial charge in [-0.25, -0.2) is 4.99 Å². The van der Waals surface area contributed by atoms with Gasteiger partial charge in [0.2, 0.25) is 5.91 Å². The van der Waals surface area contributed by atoms with E-state index in [1.807, 2.05) is 30.3 Å². The van der Waals surface area contributed by atoms with Gasteiger partial charge >= 0.3 is 0 Å². The van der Waals surface area contributed by atoms with Crippen LogP contribution in [0.2, 0.25) is 0 Å². The predicted octanol–water partition coefficient (Wildman–Crippen LogP) is 2.16. The first-order chi connectivity index (χ1) is 16.1. The predicted molar refractivity (Wildman–Crippen MR) is 146 cm³/mol. The lowest BCUT2D eigenvalue weighted by molar-refractivity contribution is -0.123. The number of anilines is 1. The molecule has 2 amide bonds. The summed E-state index contributed by atoms with van der Waals surface area (Å²) < 4.78 is 0. The van der Waals surface area contributed by atoms with Gasteiger partial charge in [0, 0.05) is 57.1 Å². The molecule has 2 aliphatic heterocycles. The van der Waals surface area contributed by atoms with Crippen molar-refractivity contribution in [2.24, 2.45) is 4.99 Å². The van der Waals surface area contributed by atoms with Crippen molar-refractivity contribution in [3.8, 4) is 0 Å². The highest BCUT2D eigenvalue weighted by Gasteiger charge is 2.22. The molecule has 2 N–H and O–H groups in total. The van der Waals surface area contributed by atoms with Crippen LogP contribution in [0.4, 0.5) is 5.69 Å². The van der Waals surface area contributed by atoms with Gasteiger partial charge in [-0.15, -0.1) is 24.0 Å². The molecule has 0 aromatic heterocycles. The first kappa shape index (κ1) is 25.8. The Bertz CT molecular complexity index is 975. The first-order valence-corrected chi connectivity index (χ1v) is 11.6. The maximum atomic E-state index is 12.6. The van der Waals surface area contributed by atoms with E-state index < -0.39 is 0 Å². The molecule has 2 aromatic rings. The number of carbonyl (C=O) groups is 2. The summed E-state index contributed by atoms with van der Waals surface area (Å²) in [4.78, 5) is 35.3. The Balaban J connectivity index is 0.00000324. The van der Waals surface area contributed by atoms with E-state index in [-0.39, 0.29) is 42.3 Å². The number of amides is 2. The lowest BCUT2D eigenvalue weighted by Gasteiger charge is -2.37. The number of piperazine rings is 2. The summed E-state index contributed by atoms with van der Waals surface area (Å²) >= 11 is 0. The molecule has 8 nitrogen and oxygen atoms in total. The van der Waals surface area contributed by atoms with Crippen LogP contribution < -0.4 is 15.5 Å². The van der Waals surface area contributed by atoms with Crippen molar-refractivity contribution >= 4 is 47.4 Å². The molecule has 0 spiro atoms. The third kappa shape index (κ3) is 6.62. The molecule has 2 fully saturated rings. The molecular weight excluding hydrogens is 543 g/mol. The number of rotatable bonds is 5. The van der Waals surface area contributed by atoms with Crippen molar-refractivity contribution in [1.82, 2.24) is 20.4 Å². The SMILES string of the molecule is CCNC(=NCc1ccc(C(=O)N2CCNC(=O)C2)cc1)N1CCN(c2ccccc2)CC1.I. The topological polar surface area (TPSA) is 80.3 Å². The molecule has 0 atom stereocenters. The molecule has 2 aliphatic rings. The Morgan fingerprint density at radius 2 is 1.68 bits per heavy atom. The lowest BCUT2D eigenvalue weighted by Crippen LogP contribution is -2.52. The molecule has 0 radical (unpaired) electrons. The summed E-state index contributed by atoms with van der Waals surface area (Å²) in [5.41, 5.74) is 2.90. The minimum absolute atomic E-state index is 0. The van der Waals surface area contributed by atoms with E-state index in [1.54, 1.807) is 4.90 Å². The van der Waals surface area contributed by atoms with Crippen LogP contribution in [0, 0.1) is 0 Å². The number of benzene rings is 2. The van der Waals surface area contributed by atoms with Crippen molar-refractivity contribution in [2.45, 2.75) is 13.5 Å². The maximum Gasteiger partial charge on any atom is 0.254 e. The van der Waals surface area contributed by atoms with Crippen LogP contribution in [0.1, 0.15) is 22.8 Å². The average Bonchev–Trinajstić information content (AvgIpc) is 2.87. The highest BCUT2D eigenvalue weighted by molar-refractivity contribution is 14.0. The van der Waals surface area contributed by atoms with E-state index in [1.165, 1.54) is 5.69 Å². The second-order valence-electron chi connectivity index (χ2n) is 8.25. The number of aliphatic imine (C=N–C) groups is 1. The van der Waals surface area contributed by atoms with Gasteiger partial charge in [0.25, 0.3) is 5.91 Å². The molecular formula is C25H33IN6O2. The number of carbonyl (C=O) groups excluding carboxylic acids is 2. The van der Waals surface area contributed by atoms with Gasteiger partial charge in [-0.2, -0.15) is 0 Å². The van der Waals surface area contributed by atoms with Crippen LogP contribution in [-0.2, 0) is 11.3 Å². The van der Waals surface area contributed by atoms with Gasteiger partial charge < -0.3 is 25.3 Å². The van der Waals surface area contributed by atoms with Crippen LogP contribution in [0.5, 0.6) is 0 Å². The average molecular weight is 576 g/mol. The Morgan fingerprint density at radius 1 is 0.971 bits per heavy atom. The third-order valence-corrected chi connectivity index (χ3v) is 5.97. The van der Waals surface area contributed by atoms with E-state index in [0.29, 0.717) is 25.2 Å². The van der Waals surface area contributed by atoms with Crippen molar-refractivity contribution in [2.75, 3.05) is 57.3 Å². The van der Waals surface area contributed by atoms with Gasteiger partial charge in [0.15, 0.2) is 5.96 Å². The van der Waals surface area contributed by atoms with Gasteiger partial charge in [0.1, 0.15) is 0 Å². The van der Waals surface area contributed by atoms with Crippen molar-refractivity contribution < 1.29 is 9.59 Å². The Hall–Kier alpha value is -2.82. The zero-order valence-corrected chi connectivity index (χ0v) is 21.9. The molecule has 0 saturated carbocycles. The van der Waals surface area contributed by atoms with Crippen molar-refractivity contribution in [1.29, 1.82) is 0 Å². The second kappa shape index (κ2) is 12.6. The Morgan fingerprint density at radius 3 is 2.32 bits per heavy atom. The standard InChI is InChI=1S/C25H32N6O2.HI/c1-2-26-25(30-16-14-29(15-17-30)22-6-4-3-5-7-22)28-18-20-8-10-21(11-9-20)24(33)31-13-12-27-23(32)19-31;/h3-11H,2,12-19H2,1H3,(H,26,28)(H,27,32);1H. The van der Waals surface area contributed by atoms with Gasteiger partial charge in [-0.3, -0.25) is 9.59 Å². The summed E-state index contributed by atoms with van der Waals surface area (Å²) in [6.45, 7) is 8.35. The number of nitrogens with one attached hydrogen (secondary N) is 2. The van der Waals surface area contributed by atoms with E-state index in [2.05, 4.69) is 51.6 Å². The Labute approximate surface area is 218 Å². The van der Waals surface area contributed by atoms with Crippen LogP contribution in [0.25, 0.3) is 0 Å². The first-order valence-electron chi connectivity index (χ1n) is 11.6. The minimum atomic E-state index is -0.110. The summed E-state index contributed by atoms with van der Waals surface area (Å²) in [6, 6.07) is 18.0. The summed E-state index contributed by atoms with van der Waals surface area (Å²) in [5.74, 6) is 0.704. The number of nitrogens with zero attached hydrogens (tertiary/aromatic N) is 4. The number of guanidine groups is 1. The van der Waals surface area contributed by atoms with E-state index in [4.69, 9.17) is 4.99 Å². The van der Waals surface area contributed by atoms with E-state index in [9.17, 15) is 9.59 Å². The molecule has 2 saturated heterocycles. The van der Waals surface area contributed by atoms with E-state index >= 15 is 0 Å². The number of halogens is 1. The normalized spacial score (nSPS) is 16.6. The van der Waals surface area contributed by atoms with Crippen LogP contribution >= 0.6 is 24.0 Å². The molecule has 9 heteroatoms. The van der Waals surface area contributed by atoms with Crippen molar-refractivity contribution in [3.63, 3.8) is 0 Å². The van der Waals surface area contributed by atoms with Gasteiger partial charge in [0.05, 0.1) is 13.1 Å². The van der Waals surface area contributed by atoms with Gasteiger partial charge in [-0.05, 0) is 36.8 Å². The molecule has 34 heavy (non-hydrogen) atoms. The molecule has 0 aliphatic carbocycles. The Kier molecular flexibility index (Phi) is 9.55. The highest BCUT2D eigenvalue weighted by atomic mass is 127. The molecule has 0 unspecified atom stereocenters. The summed E-state index contributed by atoms with van der Waals surface area (Å²) in [7, 11) is 0. The van der Waals surface area contributed by atoms with Crippen LogP contribution in [0.15, 0.2) is 59.6 Å². The maximum absolute atomic E-state index is 12.6. The van der Waals surface area contributed by atoms with Gasteiger partial charge in [-0.1, -0.05) is 30.3 Å². The quantitative estimate of drug-likeness (QED) is 0.324. The van der Waals surface area contributed by atoms with Crippen molar-refractivity contribution in [3.05, 3.63) is 65.7 Å². The minimum Gasteiger partial charge on any atom is -0.368 e. The zero-order chi connectivity index (χ0) is 23.0. The second-order valence-corrected chi connectivity index (χ2v) is 8.25. The fraction of sp³-hybridized carbons (Fsp3) is 0.400. The van der Waals surface area contributed by atoms with Crippen LogP contribution in [-0.4, -0.2) is 79.9 Å². The fourth-order valence-electron chi connectivity index (χ4n) is 4.15. The number of para-hydroxylation sites is 1. The molecule has 2 aromatic carbocycles. The molecule has 2 heterocycles. The molecule has 4 rings (SSSR count). The monoisotopic (exact) mass is 576 g/mol. The van der Waals surface area contributed by atoms with E-state index in [0.717, 1.165) is 44.2 Å². The lowest BCUT2D eigenvalue weighted by atomic mass is 10.1.